The van der Waals surface area contributed by atoms with E-state index in [4.69, 9.17) is 11.6 Å². The van der Waals surface area contributed by atoms with E-state index in [1.165, 1.54) is 5.56 Å². The third-order valence-electron chi connectivity index (χ3n) is 2.63. The van der Waals surface area contributed by atoms with Crippen molar-refractivity contribution in [3.63, 3.8) is 0 Å². The summed E-state index contributed by atoms with van der Waals surface area (Å²) in [7, 11) is 0. The lowest BCUT2D eigenvalue weighted by Gasteiger charge is -2.10. The molecule has 1 atom stereocenters. The van der Waals surface area contributed by atoms with E-state index in [-0.39, 0.29) is 0 Å². The predicted molar refractivity (Wildman–Crippen MR) is 75.3 cm³/mol. The van der Waals surface area contributed by atoms with Gasteiger partial charge in [-0.05, 0) is 49.0 Å². The number of rotatable bonds is 4. The molecule has 0 aliphatic carbocycles. The third-order valence-corrected chi connectivity index (χ3v) is 2.98. The maximum Gasteiger partial charge on any atom is 0.0698 e. The van der Waals surface area contributed by atoms with Gasteiger partial charge in [-0.25, -0.2) is 0 Å². The first-order chi connectivity index (χ1) is 7.90. The van der Waals surface area contributed by atoms with Gasteiger partial charge in [-0.2, -0.15) is 0 Å². The van der Waals surface area contributed by atoms with Crippen molar-refractivity contribution < 1.29 is 5.11 Å². The second-order valence-corrected chi connectivity index (χ2v) is 5.40. The van der Waals surface area contributed by atoms with E-state index in [0.29, 0.717) is 5.92 Å². The highest BCUT2D eigenvalue weighted by molar-refractivity contribution is 6.31. The van der Waals surface area contributed by atoms with Crippen LogP contribution in [0.3, 0.4) is 0 Å². The molecule has 2 heteroatoms. The number of aliphatic hydroxyl groups is 1. The Morgan fingerprint density at radius 2 is 2.00 bits per heavy atom. The molecule has 0 saturated carbocycles. The van der Waals surface area contributed by atoms with Crippen LogP contribution < -0.4 is 0 Å². The summed E-state index contributed by atoms with van der Waals surface area (Å²) >= 11 is 6.26. The fourth-order valence-electron chi connectivity index (χ4n) is 1.86. The van der Waals surface area contributed by atoms with Crippen LogP contribution in [0.1, 0.15) is 38.8 Å². The van der Waals surface area contributed by atoms with Crippen molar-refractivity contribution >= 4 is 17.2 Å². The molecule has 0 saturated heterocycles. The van der Waals surface area contributed by atoms with Gasteiger partial charge in [0, 0.05) is 5.02 Å². The number of hydrogen-bond acceptors (Lipinski definition) is 1. The van der Waals surface area contributed by atoms with E-state index in [1.807, 2.05) is 19.1 Å². The minimum atomic E-state index is -0.427. The van der Waals surface area contributed by atoms with Gasteiger partial charge in [0.25, 0.3) is 0 Å². The quantitative estimate of drug-likeness (QED) is 0.846. The van der Waals surface area contributed by atoms with E-state index in [1.54, 1.807) is 6.92 Å². The molecule has 0 aromatic heterocycles. The molecule has 1 aromatic carbocycles. The number of halogens is 1. The van der Waals surface area contributed by atoms with Crippen LogP contribution in [0.25, 0.3) is 5.57 Å². The molecular weight excluding hydrogens is 232 g/mol. The number of benzene rings is 1. The summed E-state index contributed by atoms with van der Waals surface area (Å²) in [5.74, 6) is 0.604. The van der Waals surface area contributed by atoms with Gasteiger partial charge in [0.05, 0.1) is 6.10 Å². The number of hydrogen-bond donors (Lipinski definition) is 1. The van der Waals surface area contributed by atoms with Gasteiger partial charge in [0.1, 0.15) is 0 Å². The molecule has 17 heavy (non-hydrogen) atoms. The Kier molecular flexibility index (Phi) is 5.23. The third kappa shape index (κ3) is 4.53. The molecule has 0 radical (unpaired) electrons. The molecule has 1 aromatic rings. The molecule has 0 fully saturated rings. The molecule has 94 valence electrons. The second kappa shape index (κ2) is 6.23. The van der Waals surface area contributed by atoms with Crippen LogP contribution in [0.15, 0.2) is 24.3 Å². The molecule has 1 unspecified atom stereocenters. The van der Waals surface area contributed by atoms with Crippen LogP contribution in [-0.2, 0) is 6.42 Å². The minimum Gasteiger partial charge on any atom is -0.389 e. The zero-order valence-electron chi connectivity index (χ0n) is 11.0. The normalized spacial score (nSPS) is 14.2. The average Bonchev–Trinajstić information content (AvgIpc) is 2.19. The van der Waals surface area contributed by atoms with Crippen molar-refractivity contribution in [2.45, 2.75) is 40.2 Å². The molecule has 0 spiro atoms. The Balaban J connectivity index is 2.96. The van der Waals surface area contributed by atoms with Crippen LogP contribution in [0.2, 0.25) is 5.02 Å². The van der Waals surface area contributed by atoms with Crippen LogP contribution >= 0.6 is 11.6 Å². The Morgan fingerprint density at radius 3 is 2.47 bits per heavy atom. The molecule has 0 bridgehead atoms. The van der Waals surface area contributed by atoms with E-state index in [9.17, 15) is 5.11 Å². The fourth-order valence-corrected chi connectivity index (χ4v) is 2.11. The SMILES string of the molecule is CC(=CC(C)O)c1ccc(CC(C)C)c(Cl)c1. The summed E-state index contributed by atoms with van der Waals surface area (Å²) < 4.78 is 0. The maximum atomic E-state index is 9.32. The Labute approximate surface area is 109 Å². The molecule has 0 amide bonds. The van der Waals surface area contributed by atoms with Crippen LogP contribution in [0, 0.1) is 5.92 Å². The highest BCUT2D eigenvalue weighted by Gasteiger charge is 2.05. The molecule has 0 aliphatic heterocycles. The lowest BCUT2D eigenvalue weighted by Crippen LogP contribution is -1.97. The lowest BCUT2D eigenvalue weighted by molar-refractivity contribution is 0.244. The summed E-state index contributed by atoms with van der Waals surface area (Å²) in [6, 6.07) is 6.13. The minimum absolute atomic E-state index is 0.427. The molecule has 1 nitrogen and oxygen atoms in total. The first-order valence-electron chi connectivity index (χ1n) is 6.05. The maximum absolute atomic E-state index is 9.32. The lowest BCUT2D eigenvalue weighted by atomic mass is 9.99. The first kappa shape index (κ1) is 14.3. The van der Waals surface area contributed by atoms with Gasteiger partial charge < -0.3 is 5.11 Å². The summed E-state index contributed by atoms with van der Waals surface area (Å²) in [5.41, 5.74) is 3.32. The average molecular weight is 253 g/mol. The van der Waals surface area contributed by atoms with Crippen molar-refractivity contribution in [3.8, 4) is 0 Å². The monoisotopic (exact) mass is 252 g/mol. The highest BCUT2D eigenvalue weighted by atomic mass is 35.5. The van der Waals surface area contributed by atoms with Gasteiger partial charge in [0.15, 0.2) is 0 Å². The summed E-state index contributed by atoms with van der Waals surface area (Å²) in [4.78, 5) is 0. The smallest absolute Gasteiger partial charge is 0.0698 e. The van der Waals surface area contributed by atoms with Gasteiger partial charge in [0.2, 0.25) is 0 Å². The van der Waals surface area contributed by atoms with Gasteiger partial charge in [-0.15, -0.1) is 0 Å². The largest absolute Gasteiger partial charge is 0.389 e. The molecular formula is C15H21ClO. The van der Waals surface area contributed by atoms with E-state index in [0.717, 1.165) is 22.6 Å². The fraction of sp³-hybridized carbons (Fsp3) is 0.467. The summed E-state index contributed by atoms with van der Waals surface area (Å²) in [6.45, 7) is 8.10. The molecule has 0 aliphatic rings. The van der Waals surface area contributed by atoms with Crippen molar-refractivity contribution in [3.05, 3.63) is 40.4 Å². The Hall–Kier alpha value is -0.790. The van der Waals surface area contributed by atoms with Crippen LogP contribution in [-0.4, -0.2) is 11.2 Å². The highest BCUT2D eigenvalue weighted by Crippen LogP contribution is 2.24. The van der Waals surface area contributed by atoms with Gasteiger partial charge >= 0.3 is 0 Å². The van der Waals surface area contributed by atoms with E-state index in [2.05, 4.69) is 26.0 Å². The predicted octanol–water partition coefficient (Wildman–Crippen LogP) is 4.32. The van der Waals surface area contributed by atoms with E-state index < -0.39 is 6.10 Å². The van der Waals surface area contributed by atoms with Gasteiger partial charge in [-0.3, -0.25) is 0 Å². The Bertz CT molecular complexity index is 405. The summed E-state index contributed by atoms with van der Waals surface area (Å²) in [6.07, 6.45) is 2.40. The summed E-state index contributed by atoms with van der Waals surface area (Å²) in [5, 5.41) is 10.1. The molecule has 0 heterocycles. The van der Waals surface area contributed by atoms with Crippen molar-refractivity contribution in [2.24, 2.45) is 5.92 Å². The Morgan fingerprint density at radius 1 is 1.35 bits per heavy atom. The second-order valence-electron chi connectivity index (χ2n) is 4.99. The van der Waals surface area contributed by atoms with Crippen molar-refractivity contribution in [1.82, 2.24) is 0 Å². The molecule has 1 rings (SSSR count). The zero-order chi connectivity index (χ0) is 13.0. The molecule has 1 N–H and O–H groups in total. The van der Waals surface area contributed by atoms with Crippen LogP contribution in [0.5, 0.6) is 0 Å². The zero-order valence-corrected chi connectivity index (χ0v) is 11.8. The number of aliphatic hydroxyl groups excluding tert-OH is 1. The van der Waals surface area contributed by atoms with Crippen molar-refractivity contribution in [2.75, 3.05) is 0 Å². The van der Waals surface area contributed by atoms with Crippen molar-refractivity contribution in [1.29, 1.82) is 0 Å². The van der Waals surface area contributed by atoms with Gasteiger partial charge in [-0.1, -0.05) is 43.7 Å². The standard InChI is InChI=1S/C15H21ClO/c1-10(2)7-14-6-5-13(9-15(14)16)11(3)8-12(4)17/h5-6,8-10,12,17H,7H2,1-4H3. The first-order valence-corrected chi connectivity index (χ1v) is 6.43. The van der Waals surface area contributed by atoms with E-state index >= 15 is 0 Å². The number of allylic oxidation sites excluding steroid dienone is 1. The van der Waals surface area contributed by atoms with Crippen LogP contribution in [0.4, 0.5) is 0 Å². The topological polar surface area (TPSA) is 20.2 Å².